The maximum Gasteiger partial charge on any atom is 0.163 e. The molecule has 0 aliphatic carbocycles. The summed E-state index contributed by atoms with van der Waals surface area (Å²) in [5.41, 5.74) is 2.25. The van der Waals surface area contributed by atoms with Gasteiger partial charge in [0.05, 0.1) is 12.6 Å². The lowest BCUT2D eigenvalue weighted by Crippen LogP contribution is -2.47. The van der Waals surface area contributed by atoms with Gasteiger partial charge in [-0.15, -0.1) is 0 Å². The number of anilines is 1. The summed E-state index contributed by atoms with van der Waals surface area (Å²) < 4.78 is 12.0. The number of para-hydroxylation sites is 1. The van der Waals surface area contributed by atoms with Gasteiger partial charge in [-0.2, -0.15) is 0 Å². The van der Waals surface area contributed by atoms with Crippen molar-refractivity contribution in [3.05, 3.63) is 66.2 Å². The van der Waals surface area contributed by atoms with Gasteiger partial charge in [0.25, 0.3) is 0 Å². The quantitative estimate of drug-likeness (QED) is 0.924. The van der Waals surface area contributed by atoms with Crippen LogP contribution >= 0.6 is 0 Å². The van der Waals surface area contributed by atoms with Gasteiger partial charge in [0.1, 0.15) is 6.10 Å². The number of hydrogen-bond acceptors (Lipinski definition) is 3. The van der Waals surface area contributed by atoms with Crippen molar-refractivity contribution in [2.24, 2.45) is 0 Å². The lowest BCUT2D eigenvalue weighted by Gasteiger charge is -2.41. The minimum atomic E-state index is -0.560. The Morgan fingerprint density at radius 3 is 2.24 bits per heavy atom. The molecule has 2 aromatic carbocycles. The molecule has 1 N–H and O–H groups in total. The van der Waals surface area contributed by atoms with Crippen molar-refractivity contribution in [1.29, 1.82) is 0 Å². The molecule has 0 amide bonds. The summed E-state index contributed by atoms with van der Waals surface area (Å²) in [6, 6.07) is 20.6. The second-order valence-electron chi connectivity index (χ2n) is 5.78. The van der Waals surface area contributed by atoms with Crippen molar-refractivity contribution >= 4 is 5.69 Å². The van der Waals surface area contributed by atoms with Crippen LogP contribution in [0.1, 0.15) is 25.5 Å². The Hall–Kier alpha value is -1.84. The fourth-order valence-corrected chi connectivity index (χ4v) is 2.61. The summed E-state index contributed by atoms with van der Waals surface area (Å²) in [7, 11) is 0. The molecule has 1 aliphatic rings. The molecule has 1 fully saturated rings. The van der Waals surface area contributed by atoms with E-state index in [2.05, 4.69) is 29.6 Å². The van der Waals surface area contributed by atoms with E-state index in [0.717, 1.165) is 5.69 Å². The van der Waals surface area contributed by atoms with Gasteiger partial charge >= 0.3 is 0 Å². The summed E-state index contributed by atoms with van der Waals surface area (Å²) in [6.45, 7) is 4.53. The first-order valence-electron chi connectivity index (χ1n) is 7.32. The standard InChI is InChI=1S/C18H21NO2/c1-18(2)20-13-16(19-15-11-7-4-8-12-15)17(21-18)14-9-5-3-6-10-14/h3-12,16-17,19H,13H2,1-2H3/t16-,17-/m0/s1. The van der Waals surface area contributed by atoms with E-state index in [1.54, 1.807) is 0 Å². The van der Waals surface area contributed by atoms with Crippen molar-refractivity contribution in [3.63, 3.8) is 0 Å². The Morgan fingerprint density at radius 1 is 0.952 bits per heavy atom. The molecule has 2 aromatic rings. The van der Waals surface area contributed by atoms with Crippen LogP contribution in [0.5, 0.6) is 0 Å². The summed E-state index contributed by atoms with van der Waals surface area (Å²) in [6.07, 6.45) is -0.0323. The summed E-state index contributed by atoms with van der Waals surface area (Å²) in [5, 5.41) is 3.52. The number of benzene rings is 2. The van der Waals surface area contributed by atoms with E-state index >= 15 is 0 Å². The Labute approximate surface area is 125 Å². The van der Waals surface area contributed by atoms with E-state index in [1.165, 1.54) is 5.56 Å². The van der Waals surface area contributed by atoms with Crippen LogP contribution in [0.15, 0.2) is 60.7 Å². The van der Waals surface area contributed by atoms with Crippen LogP contribution in [0.2, 0.25) is 0 Å². The molecule has 0 unspecified atom stereocenters. The van der Waals surface area contributed by atoms with Gasteiger partial charge in [-0.05, 0) is 31.5 Å². The van der Waals surface area contributed by atoms with Gasteiger partial charge in [0.2, 0.25) is 0 Å². The maximum absolute atomic E-state index is 6.16. The molecule has 3 nitrogen and oxygen atoms in total. The normalized spacial score (nSPS) is 24.5. The SMILES string of the molecule is CC1(C)OC[C@H](Nc2ccccc2)[C@H](c2ccccc2)O1. The first kappa shape index (κ1) is 14.1. The lowest BCUT2D eigenvalue weighted by molar-refractivity contribution is -0.279. The average molecular weight is 283 g/mol. The average Bonchev–Trinajstić information content (AvgIpc) is 2.51. The molecule has 1 saturated heterocycles. The molecule has 0 saturated carbocycles. The van der Waals surface area contributed by atoms with Crippen LogP contribution in [0, 0.1) is 0 Å². The molecule has 0 radical (unpaired) electrons. The zero-order chi connectivity index (χ0) is 14.7. The second-order valence-corrected chi connectivity index (χ2v) is 5.78. The van der Waals surface area contributed by atoms with E-state index in [-0.39, 0.29) is 12.1 Å². The van der Waals surface area contributed by atoms with Crippen LogP contribution in [0.3, 0.4) is 0 Å². The van der Waals surface area contributed by atoms with Gasteiger partial charge in [-0.25, -0.2) is 0 Å². The van der Waals surface area contributed by atoms with Crippen LogP contribution < -0.4 is 5.32 Å². The minimum absolute atomic E-state index is 0.0323. The number of rotatable bonds is 3. The van der Waals surface area contributed by atoms with Gasteiger partial charge in [0, 0.05) is 5.69 Å². The highest BCUT2D eigenvalue weighted by Crippen LogP contribution is 2.34. The molecule has 0 spiro atoms. The lowest BCUT2D eigenvalue weighted by atomic mass is 10.0. The third kappa shape index (κ3) is 3.43. The first-order valence-corrected chi connectivity index (χ1v) is 7.32. The predicted octanol–water partition coefficient (Wildman–Crippen LogP) is 3.99. The van der Waals surface area contributed by atoms with Gasteiger partial charge in [0.15, 0.2) is 5.79 Å². The molecule has 3 heteroatoms. The van der Waals surface area contributed by atoms with Crippen LogP contribution in [-0.4, -0.2) is 18.4 Å². The molecule has 0 bridgehead atoms. The predicted molar refractivity (Wildman–Crippen MR) is 84.2 cm³/mol. The maximum atomic E-state index is 6.16. The molecule has 1 aliphatic heterocycles. The number of ether oxygens (including phenoxy) is 2. The van der Waals surface area contributed by atoms with Crippen LogP contribution in [0.25, 0.3) is 0 Å². The Kier molecular flexibility index (Phi) is 3.95. The van der Waals surface area contributed by atoms with Crippen molar-refractivity contribution < 1.29 is 9.47 Å². The zero-order valence-corrected chi connectivity index (χ0v) is 12.5. The smallest absolute Gasteiger partial charge is 0.163 e. The topological polar surface area (TPSA) is 30.5 Å². The molecule has 1 heterocycles. The van der Waals surface area contributed by atoms with Crippen molar-refractivity contribution in [1.82, 2.24) is 0 Å². The van der Waals surface area contributed by atoms with Crippen LogP contribution in [-0.2, 0) is 9.47 Å². The highest BCUT2D eigenvalue weighted by molar-refractivity contribution is 5.44. The number of nitrogens with one attached hydrogen (secondary N) is 1. The van der Waals surface area contributed by atoms with Gasteiger partial charge in [-0.3, -0.25) is 0 Å². The van der Waals surface area contributed by atoms with Gasteiger partial charge in [-0.1, -0.05) is 48.5 Å². The summed E-state index contributed by atoms with van der Waals surface area (Å²) in [4.78, 5) is 0. The first-order chi connectivity index (χ1) is 10.1. The van der Waals surface area contributed by atoms with E-state index in [4.69, 9.17) is 9.47 Å². The monoisotopic (exact) mass is 283 g/mol. The molecule has 21 heavy (non-hydrogen) atoms. The molecular weight excluding hydrogens is 262 g/mol. The Bertz CT molecular complexity index is 568. The third-order valence-corrected chi connectivity index (χ3v) is 3.64. The molecule has 0 aromatic heterocycles. The highest BCUT2D eigenvalue weighted by atomic mass is 16.7. The zero-order valence-electron chi connectivity index (χ0n) is 12.5. The molecule has 110 valence electrons. The number of hydrogen-bond donors (Lipinski definition) is 1. The summed E-state index contributed by atoms with van der Waals surface area (Å²) in [5.74, 6) is -0.560. The molecule has 2 atom stereocenters. The Balaban J connectivity index is 1.83. The van der Waals surface area contributed by atoms with Crippen molar-refractivity contribution in [2.75, 3.05) is 11.9 Å². The molecular formula is C18H21NO2. The fraction of sp³-hybridized carbons (Fsp3) is 0.333. The van der Waals surface area contributed by atoms with Crippen molar-refractivity contribution in [2.45, 2.75) is 31.8 Å². The third-order valence-electron chi connectivity index (χ3n) is 3.64. The Morgan fingerprint density at radius 2 is 1.57 bits per heavy atom. The minimum Gasteiger partial charge on any atom is -0.377 e. The van der Waals surface area contributed by atoms with Gasteiger partial charge < -0.3 is 14.8 Å². The van der Waals surface area contributed by atoms with E-state index in [0.29, 0.717) is 6.61 Å². The summed E-state index contributed by atoms with van der Waals surface area (Å²) >= 11 is 0. The highest BCUT2D eigenvalue weighted by Gasteiger charge is 2.37. The molecule has 3 rings (SSSR count). The van der Waals surface area contributed by atoms with E-state index in [1.807, 2.05) is 50.2 Å². The largest absolute Gasteiger partial charge is 0.377 e. The fourth-order valence-electron chi connectivity index (χ4n) is 2.61. The second kappa shape index (κ2) is 5.88. The van der Waals surface area contributed by atoms with E-state index in [9.17, 15) is 0 Å². The van der Waals surface area contributed by atoms with Crippen molar-refractivity contribution in [3.8, 4) is 0 Å². The van der Waals surface area contributed by atoms with Crippen LogP contribution in [0.4, 0.5) is 5.69 Å². The van der Waals surface area contributed by atoms with E-state index < -0.39 is 5.79 Å².